The molecular formula is C13H20BrNO2S. The summed E-state index contributed by atoms with van der Waals surface area (Å²) in [4.78, 5) is 0. The van der Waals surface area contributed by atoms with Crippen molar-refractivity contribution < 1.29 is 9.84 Å². The van der Waals surface area contributed by atoms with E-state index in [2.05, 4.69) is 34.4 Å². The smallest absolute Gasteiger partial charge is 0.119 e. The highest BCUT2D eigenvalue weighted by atomic mass is 79.9. The van der Waals surface area contributed by atoms with E-state index in [1.807, 2.05) is 24.3 Å². The minimum absolute atomic E-state index is 0.306. The van der Waals surface area contributed by atoms with Crippen molar-refractivity contribution in [2.24, 2.45) is 0 Å². The first-order chi connectivity index (χ1) is 8.61. The van der Waals surface area contributed by atoms with Crippen LogP contribution in [0.15, 0.2) is 28.7 Å². The number of thioether (sulfide) groups is 1. The van der Waals surface area contributed by atoms with Crippen LogP contribution < -0.4 is 10.1 Å². The molecule has 0 saturated heterocycles. The lowest BCUT2D eigenvalue weighted by molar-refractivity contribution is 0.105. The van der Waals surface area contributed by atoms with Crippen LogP contribution in [0.5, 0.6) is 5.75 Å². The molecule has 0 radical (unpaired) electrons. The zero-order valence-corrected chi connectivity index (χ0v) is 13.1. The molecule has 0 amide bonds. The standard InChI is InChI=1S/C13H20BrNO2S/c1-10(9-18-2)15-7-12(16)8-17-13-5-3-11(14)4-6-13/h3-6,10,12,15-16H,7-9H2,1-2H3. The lowest BCUT2D eigenvalue weighted by atomic mass is 10.3. The largest absolute Gasteiger partial charge is 0.491 e. The number of halogens is 1. The molecule has 2 unspecified atom stereocenters. The normalized spacial score (nSPS) is 14.2. The van der Waals surface area contributed by atoms with Crippen LogP contribution in [-0.2, 0) is 0 Å². The molecule has 1 aromatic carbocycles. The minimum atomic E-state index is -0.488. The van der Waals surface area contributed by atoms with Crippen LogP contribution in [0.25, 0.3) is 0 Å². The van der Waals surface area contributed by atoms with Crippen molar-refractivity contribution in [1.29, 1.82) is 0 Å². The van der Waals surface area contributed by atoms with Gasteiger partial charge in [-0.25, -0.2) is 0 Å². The maximum Gasteiger partial charge on any atom is 0.119 e. The lowest BCUT2D eigenvalue weighted by Crippen LogP contribution is -2.37. The van der Waals surface area contributed by atoms with Gasteiger partial charge in [-0.05, 0) is 37.4 Å². The monoisotopic (exact) mass is 333 g/mol. The van der Waals surface area contributed by atoms with Crippen LogP contribution in [-0.4, -0.2) is 42.4 Å². The average molecular weight is 334 g/mol. The summed E-state index contributed by atoms with van der Waals surface area (Å²) in [7, 11) is 0. The number of aliphatic hydroxyl groups is 1. The van der Waals surface area contributed by atoms with Crippen molar-refractivity contribution in [1.82, 2.24) is 5.32 Å². The number of aliphatic hydroxyl groups excluding tert-OH is 1. The average Bonchev–Trinajstić information content (AvgIpc) is 2.36. The maximum absolute atomic E-state index is 9.78. The molecule has 2 N–H and O–H groups in total. The summed E-state index contributed by atoms with van der Waals surface area (Å²) in [5, 5.41) is 13.0. The van der Waals surface area contributed by atoms with Crippen molar-refractivity contribution in [3.63, 3.8) is 0 Å². The number of rotatable bonds is 8. The fourth-order valence-corrected chi connectivity index (χ4v) is 2.31. The van der Waals surface area contributed by atoms with Crippen molar-refractivity contribution in [3.8, 4) is 5.75 Å². The molecule has 102 valence electrons. The van der Waals surface area contributed by atoms with Crippen molar-refractivity contribution in [2.45, 2.75) is 19.1 Å². The molecule has 0 aliphatic carbocycles. The molecular weight excluding hydrogens is 314 g/mol. The van der Waals surface area contributed by atoms with E-state index in [4.69, 9.17) is 4.74 Å². The number of hydrogen-bond donors (Lipinski definition) is 2. The Kier molecular flexibility index (Phi) is 7.74. The Morgan fingerprint density at radius 1 is 1.39 bits per heavy atom. The third kappa shape index (κ3) is 6.64. The van der Waals surface area contributed by atoms with E-state index in [0.29, 0.717) is 19.2 Å². The molecule has 0 aromatic heterocycles. The molecule has 1 rings (SSSR count). The van der Waals surface area contributed by atoms with E-state index < -0.39 is 6.10 Å². The Morgan fingerprint density at radius 2 is 2.06 bits per heavy atom. The van der Waals surface area contributed by atoms with Crippen LogP contribution in [0.2, 0.25) is 0 Å². The molecule has 3 nitrogen and oxygen atoms in total. The summed E-state index contributed by atoms with van der Waals surface area (Å²) < 4.78 is 6.52. The third-order valence-corrected chi connectivity index (χ3v) is 3.74. The molecule has 1 aromatic rings. The molecule has 5 heteroatoms. The Balaban J connectivity index is 2.20. The topological polar surface area (TPSA) is 41.5 Å². The van der Waals surface area contributed by atoms with Crippen molar-refractivity contribution >= 4 is 27.7 Å². The van der Waals surface area contributed by atoms with Gasteiger partial charge in [0.15, 0.2) is 0 Å². The number of benzene rings is 1. The Labute approximate surface area is 121 Å². The van der Waals surface area contributed by atoms with Crippen LogP contribution >= 0.6 is 27.7 Å². The number of nitrogens with one attached hydrogen (secondary N) is 1. The molecule has 0 aliphatic rings. The third-order valence-electron chi connectivity index (χ3n) is 2.37. The second-order valence-electron chi connectivity index (χ2n) is 4.18. The summed E-state index contributed by atoms with van der Waals surface area (Å²) in [6.45, 7) is 2.97. The van der Waals surface area contributed by atoms with Gasteiger partial charge in [0.2, 0.25) is 0 Å². The summed E-state index contributed by atoms with van der Waals surface area (Å²) in [5.74, 6) is 1.81. The maximum atomic E-state index is 9.78. The first kappa shape index (κ1) is 15.8. The second kappa shape index (κ2) is 8.80. The second-order valence-corrected chi connectivity index (χ2v) is 6.01. The summed E-state index contributed by atoms with van der Waals surface area (Å²) in [6, 6.07) is 7.99. The summed E-state index contributed by atoms with van der Waals surface area (Å²) in [5.41, 5.74) is 0. The Hall–Kier alpha value is -0.230. The first-order valence-electron chi connectivity index (χ1n) is 5.90. The van der Waals surface area contributed by atoms with Gasteiger partial charge < -0.3 is 15.2 Å². The molecule has 0 heterocycles. The van der Waals surface area contributed by atoms with E-state index in [0.717, 1.165) is 16.0 Å². The van der Waals surface area contributed by atoms with Gasteiger partial charge in [0.05, 0.1) is 0 Å². The highest BCUT2D eigenvalue weighted by Gasteiger charge is 2.07. The van der Waals surface area contributed by atoms with E-state index in [1.54, 1.807) is 11.8 Å². The highest BCUT2D eigenvalue weighted by Crippen LogP contribution is 2.16. The van der Waals surface area contributed by atoms with Crippen LogP contribution in [0.1, 0.15) is 6.92 Å². The van der Waals surface area contributed by atoms with E-state index in [-0.39, 0.29) is 0 Å². The predicted octanol–water partition coefficient (Wildman–Crippen LogP) is 2.53. The SMILES string of the molecule is CSCC(C)NCC(O)COc1ccc(Br)cc1. The van der Waals surface area contributed by atoms with Crippen LogP contribution in [0, 0.1) is 0 Å². The molecule has 0 spiro atoms. The Morgan fingerprint density at radius 3 is 2.67 bits per heavy atom. The quantitative estimate of drug-likeness (QED) is 0.767. The van der Waals surface area contributed by atoms with E-state index >= 15 is 0 Å². The zero-order valence-electron chi connectivity index (χ0n) is 10.7. The lowest BCUT2D eigenvalue weighted by Gasteiger charge is -2.16. The summed E-state index contributed by atoms with van der Waals surface area (Å²) >= 11 is 5.16. The predicted molar refractivity (Wildman–Crippen MR) is 81.5 cm³/mol. The van der Waals surface area contributed by atoms with Gasteiger partial charge in [-0.3, -0.25) is 0 Å². The van der Waals surface area contributed by atoms with Gasteiger partial charge in [-0.1, -0.05) is 15.9 Å². The summed E-state index contributed by atoms with van der Waals surface area (Å²) in [6.07, 6.45) is 1.59. The van der Waals surface area contributed by atoms with Gasteiger partial charge in [-0.15, -0.1) is 0 Å². The minimum Gasteiger partial charge on any atom is -0.491 e. The van der Waals surface area contributed by atoms with Crippen LogP contribution in [0.4, 0.5) is 0 Å². The molecule has 2 atom stereocenters. The van der Waals surface area contributed by atoms with Gasteiger partial charge in [-0.2, -0.15) is 11.8 Å². The number of hydrogen-bond acceptors (Lipinski definition) is 4. The van der Waals surface area contributed by atoms with Gasteiger partial charge in [0, 0.05) is 22.8 Å². The van der Waals surface area contributed by atoms with Gasteiger partial charge in [0.1, 0.15) is 18.5 Å². The van der Waals surface area contributed by atoms with Gasteiger partial charge in [0.25, 0.3) is 0 Å². The van der Waals surface area contributed by atoms with Gasteiger partial charge >= 0.3 is 0 Å². The fourth-order valence-electron chi connectivity index (χ4n) is 1.43. The molecule has 0 saturated carbocycles. The molecule has 0 fully saturated rings. The van der Waals surface area contributed by atoms with Crippen molar-refractivity contribution in [3.05, 3.63) is 28.7 Å². The molecule has 18 heavy (non-hydrogen) atoms. The molecule has 0 bridgehead atoms. The van der Waals surface area contributed by atoms with Crippen molar-refractivity contribution in [2.75, 3.05) is 25.2 Å². The fraction of sp³-hybridized carbons (Fsp3) is 0.538. The zero-order chi connectivity index (χ0) is 13.4. The van der Waals surface area contributed by atoms with Crippen LogP contribution in [0.3, 0.4) is 0 Å². The van der Waals surface area contributed by atoms with E-state index in [9.17, 15) is 5.11 Å². The highest BCUT2D eigenvalue weighted by molar-refractivity contribution is 9.10. The van der Waals surface area contributed by atoms with E-state index in [1.165, 1.54) is 0 Å². The first-order valence-corrected chi connectivity index (χ1v) is 8.09. The number of ether oxygens (including phenoxy) is 1. The molecule has 0 aliphatic heterocycles. The Bertz CT molecular complexity index is 334.